The van der Waals surface area contributed by atoms with Gasteiger partial charge in [-0.05, 0) is 28.7 Å². The Labute approximate surface area is 95.8 Å². The normalized spacial score (nSPS) is 12.7. The Hall–Kier alpha value is -1.08. The highest BCUT2D eigenvalue weighted by Gasteiger charge is 2.16. The third-order valence-electron chi connectivity index (χ3n) is 2.21. The molecule has 0 aromatic heterocycles. The van der Waals surface area contributed by atoms with E-state index in [4.69, 9.17) is 11.6 Å². The Morgan fingerprint density at radius 1 is 1.27 bits per heavy atom. The van der Waals surface area contributed by atoms with Gasteiger partial charge >= 0.3 is 0 Å². The molecule has 0 saturated heterocycles. The fraction of sp³-hybridized carbons (Fsp3) is 0.308. The van der Waals surface area contributed by atoms with Gasteiger partial charge in [-0.3, -0.25) is 4.79 Å². The van der Waals surface area contributed by atoms with Crippen LogP contribution in [0.1, 0.15) is 26.3 Å². The maximum absolute atomic E-state index is 11.0. The van der Waals surface area contributed by atoms with E-state index in [1.165, 1.54) is 0 Å². The average molecular weight is 223 g/mol. The molecule has 0 radical (unpaired) electrons. The first-order valence-electron chi connectivity index (χ1n) is 4.87. The van der Waals surface area contributed by atoms with Crippen molar-refractivity contribution >= 4 is 24.0 Å². The third kappa shape index (κ3) is 3.21. The van der Waals surface area contributed by atoms with E-state index in [-0.39, 0.29) is 5.41 Å². The van der Waals surface area contributed by atoms with Crippen LogP contribution in [0.2, 0.25) is 5.02 Å². The number of carbonyl (C=O) groups is 1. The molecule has 15 heavy (non-hydrogen) atoms. The lowest BCUT2D eigenvalue weighted by Crippen LogP contribution is -2.10. The Morgan fingerprint density at radius 3 is 2.33 bits per heavy atom. The number of benzene rings is 1. The minimum Gasteiger partial charge on any atom is -0.298 e. The van der Waals surface area contributed by atoms with Gasteiger partial charge in [0.05, 0.1) is 0 Å². The summed E-state index contributed by atoms with van der Waals surface area (Å²) in [6, 6.07) is 7.50. The molecule has 0 aliphatic rings. The molecule has 1 nitrogen and oxygen atoms in total. The lowest BCUT2D eigenvalue weighted by molar-refractivity contribution is -0.105. The van der Waals surface area contributed by atoms with Crippen molar-refractivity contribution in [3.05, 3.63) is 40.4 Å². The van der Waals surface area contributed by atoms with Crippen LogP contribution in [0.25, 0.3) is 6.08 Å². The van der Waals surface area contributed by atoms with Crippen molar-refractivity contribution in [2.75, 3.05) is 0 Å². The van der Waals surface area contributed by atoms with Crippen LogP contribution in [0.4, 0.5) is 0 Å². The Bertz CT molecular complexity index is 386. The molecule has 80 valence electrons. The van der Waals surface area contributed by atoms with Crippen LogP contribution in [-0.2, 0) is 4.79 Å². The van der Waals surface area contributed by atoms with Crippen molar-refractivity contribution in [3.63, 3.8) is 0 Å². The molecular formula is C13H15ClO. The van der Waals surface area contributed by atoms with Crippen molar-refractivity contribution in [1.29, 1.82) is 0 Å². The summed E-state index contributed by atoms with van der Waals surface area (Å²) in [6.45, 7) is 6.01. The van der Waals surface area contributed by atoms with Crippen LogP contribution < -0.4 is 0 Å². The summed E-state index contributed by atoms with van der Waals surface area (Å²) in [4.78, 5) is 11.0. The molecule has 0 unspecified atom stereocenters. The maximum atomic E-state index is 11.0. The van der Waals surface area contributed by atoms with Gasteiger partial charge < -0.3 is 0 Å². The second-order valence-corrected chi connectivity index (χ2v) is 4.90. The minimum absolute atomic E-state index is 0.152. The van der Waals surface area contributed by atoms with Crippen LogP contribution >= 0.6 is 11.6 Å². The molecule has 0 spiro atoms. The molecular weight excluding hydrogens is 208 g/mol. The second kappa shape index (κ2) is 4.63. The van der Waals surface area contributed by atoms with Crippen LogP contribution in [0.5, 0.6) is 0 Å². The van der Waals surface area contributed by atoms with E-state index in [1.54, 1.807) is 0 Å². The number of allylic oxidation sites excluding steroid dienone is 1. The quantitative estimate of drug-likeness (QED) is 0.547. The predicted molar refractivity (Wildman–Crippen MR) is 64.9 cm³/mol. The largest absolute Gasteiger partial charge is 0.298 e. The van der Waals surface area contributed by atoms with Gasteiger partial charge in [-0.1, -0.05) is 50.6 Å². The van der Waals surface area contributed by atoms with Crippen LogP contribution in [0.3, 0.4) is 0 Å². The van der Waals surface area contributed by atoms with E-state index in [2.05, 4.69) is 0 Å². The van der Waals surface area contributed by atoms with Crippen molar-refractivity contribution in [2.24, 2.45) is 5.41 Å². The third-order valence-corrected chi connectivity index (χ3v) is 2.55. The standard InChI is InChI=1S/C13H15ClO/c1-13(2,3)11(9-15)8-10-6-4-5-7-12(10)14/h4-9H,1-3H3/b11-8+. The van der Waals surface area contributed by atoms with Crippen molar-refractivity contribution in [2.45, 2.75) is 20.8 Å². The molecule has 0 aliphatic heterocycles. The molecule has 0 heterocycles. The fourth-order valence-electron chi connectivity index (χ4n) is 1.19. The summed E-state index contributed by atoms with van der Waals surface area (Å²) in [5, 5.41) is 0.668. The van der Waals surface area contributed by atoms with E-state index < -0.39 is 0 Å². The molecule has 0 bridgehead atoms. The minimum atomic E-state index is -0.152. The number of rotatable bonds is 2. The van der Waals surface area contributed by atoms with Gasteiger partial charge in [0, 0.05) is 5.02 Å². The van der Waals surface area contributed by atoms with Crippen LogP contribution in [0, 0.1) is 5.41 Å². The molecule has 0 saturated carbocycles. The number of aldehydes is 1. The monoisotopic (exact) mass is 222 g/mol. The summed E-state index contributed by atoms with van der Waals surface area (Å²) in [7, 11) is 0. The molecule has 1 aromatic rings. The average Bonchev–Trinajstić information content (AvgIpc) is 2.14. The summed E-state index contributed by atoms with van der Waals surface area (Å²) >= 11 is 6.01. The number of hydrogen-bond acceptors (Lipinski definition) is 1. The highest BCUT2D eigenvalue weighted by Crippen LogP contribution is 2.27. The Morgan fingerprint density at radius 2 is 1.87 bits per heavy atom. The molecule has 0 amide bonds. The molecule has 2 heteroatoms. The first-order valence-corrected chi connectivity index (χ1v) is 5.25. The molecule has 1 aromatic carbocycles. The maximum Gasteiger partial charge on any atom is 0.146 e. The van der Waals surface area contributed by atoms with E-state index in [1.807, 2.05) is 51.1 Å². The first-order chi connectivity index (χ1) is 6.95. The zero-order valence-electron chi connectivity index (χ0n) is 9.25. The smallest absolute Gasteiger partial charge is 0.146 e. The lowest BCUT2D eigenvalue weighted by Gasteiger charge is -2.18. The lowest BCUT2D eigenvalue weighted by atomic mass is 9.86. The highest BCUT2D eigenvalue weighted by atomic mass is 35.5. The second-order valence-electron chi connectivity index (χ2n) is 4.49. The predicted octanol–water partition coefficient (Wildman–Crippen LogP) is 3.97. The Kier molecular flexibility index (Phi) is 3.70. The van der Waals surface area contributed by atoms with E-state index in [0.717, 1.165) is 17.4 Å². The molecule has 0 fully saturated rings. The summed E-state index contributed by atoms with van der Waals surface area (Å²) < 4.78 is 0. The summed E-state index contributed by atoms with van der Waals surface area (Å²) in [6.07, 6.45) is 2.73. The van der Waals surface area contributed by atoms with Crippen molar-refractivity contribution in [1.82, 2.24) is 0 Å². The van der Waals surface area contributed by atoms with Gasteiger partial charge in [-0.25, -0.2) is 0 Å². The SMILES string of the molecule is CC(C)(C)/C(C=O)=C/c1ccccc1Cl. The van der Waals surface area contributed by atoms with Gasteiger partial charge in [-0.15, -0.1) is 0 Å². The van der Waals surface area contributed by atoms with Crippen LogP contribution in [0.15, 0.2) is 29.8 Å². The number of halogens is 1. The fourth-order valence-corrected chi connectivity index (χ4v) is 1.38. The van der Waals surface area contributed by atoms with Gasteiger partial charge in [-0.2, -0.15) is 0 Å². The summed E-state index contributed by atoms with van der Waals surface area (Å²) in [5.74, 6) is 0. The molecule has 1 rings (SSSR count). The highest BCUT2D eigenvalue weighted by molar-refractivity contribution is 6.32. The molecule has 0 N–H and O–H groups in total. The molecule has 0 aliphatic carbocycles. The van der Waals surface area contributed by atoms with Gasteiger partial charge in [0.25, 0.3) is 0 Å². The Balaban J connectivity index is 3.15. The van der Waals surface area contributed by atoms with E-state index in [9.17, 15) is 4.79 Å². The topological polar surface area (TPSA) is 17.1 Å². The van der Waals surface area contributed by atoms with E-state index >= 15 is 0 Å². The zero-order valence-corrected chi connectivity index (χ0v) is 10.0. The number of hydrogen-bond donors (Lipinski definition) is 0. The van der Waals surface area contributed by atoms with E-state index in [0.29, 0.717) is 5.02 Å². The van der Waals surface area contributed by atoms with Gasteiger partial charge in [0.2, 0.25) is 0 Å². The van der Waals surface area contributed by atoms with Gasteiger partial charge in [0.1, 0.15) is 6.29 Å². The van der Waals surface area contributed by atoms with Crippen molar-refractivity contribution < 1.29 is 4.79 Å². The van der Waals surface area contributed by atoms with Gasteiger partial charge in [0.15, 0.2) is 0 Å². The molecule has 0 atom stereocenters. The van der Waals surface area contributed by atoms with Crippen molar-refractivity contribution in [3.8, 4) is 0 Å². The first kappa shape index (κ1) is 12.0. The number of carbonyl (C=O) groups excluding carboxylic acids is 1. The summed E-state index contributed by atoms with van der Waals surface area (Å²) in [5.41, 5.74) is 1.48. The van der Waals surface area contributed by atoms with Crippen LogP contribution in [-0.4, -0.2) is 6.29 Å². The zero-order chi connectivity index (χ0) is 11.5.